The van der Waals surface area contributed by atoms with Gasteiger partial charge in [0.05, 0.1) is 66.1 Å². The minimum absolute atomic E-state index is 0.00512. The predicted molar refractivity (Wildman–Crippen MR) is 429 cm³/mol. The van der Waals surface area contributed by atoms with Crippen molar-refractivity contribution in [2.24, 2.45) is 0 Å². The molecule has 3 saturated heterocycles. The maximum Gasteiger partial charge on any atom is 0.222 e. The number of rotatable bonds is 70. The van der Waals surface area contributed by atoms with Gasteiger partial charge in [-0.25, -0.2) is 0 Å². The zero-order valence-electron chi connectivity index (χ0n) is 70.3. The Balaban J connectivity index is 1.54. The highest BCUT2D eigenvalue weighted by molar-refractivity contribution is 7.59. The number of aliphatic hydroxyl groups is 12. The molecule has 3 rings (SSSR count). The van der Waals surface area contributed by atoms with Gasteiger partial charge in [-0.05, 0) is 89.9 Å². The lowest BCUT2D eigenvalue weighted by Gasteiger charge is -2.39. The Kier molecular flexibility index (Phi) is 57.1. The highest BCUT2D eigenvalue weighted by Crippen LogP contribution is 2.55. The van der Waals surface area contributed by atoms with Crippen LogP contribution in [0.4, 0.5) is 0 Å². The third kappa shape index (κ3) is 45.8. The lowest BCUT2D eigenvalue weighted by molar-refractivity contribution is -0.301. The summed E-state index contributed by atoms with van der Waals surface area (Å²) in [5.74, 6) is -1.60. The summed E-state index contributed by atoms with van der Waals surface area (Å²) >= 11 is 0. The Labute approximate surface area is 695 Å². The van der Waals surface area contributed by atoms with Gasteiger partial charge >= 0.3 is 0 Å². The SMILES string of the molecule is CC(C)(C)P(C)(=O)OCCCCCCCC(=O)CCCCCCCCCCC(=O)NC(COCCC(=O)NCCCCC(=O)CCCCO[C@@H]1OC(CO)[C@@H](O)[C@H](O)C1O)(COCCC(=O)NCCCNC(=O)CCCCO[C@@H]1OC(CO)[C@@H](O)[C@H](O)C1O)COCCC(=O)NCCCNC(=O)CCCCO[C@@H]1OC(CO)[C@@H](O)[C@H](O)C1O. The molecular weight excluding hydrogens is 1570 g/mol. The third-order valence-corrected chi connectivity index (χ3v) is 23.9. The summed E-state index contributed by atoms with van der Waals surface area (Å²) in [6.45, 7) is 6.63. The molecule has 7 unspecified atom stereocenters. The molecule has 688 valence electrons. The highest BCUT2D eigenvalue weighted by Gasteiger charge is 2.47. The van der Waals surface area contributed by atoms with E-state index in [2.05, 4.69) is 31.9 Å². The fraction of sp³-hybridized carbons (Fsp3) is 0.900. The summed E-state index contributed by atoms with van der Waals surface area (Å²) in [4.78, 5) is 104. The Morgan fingerprint density at radius 2 is 0.576 bits per heavy atom. The molecule has 0 radical (unpaired) electrons. The lowest BCUT2D eigenvalue weighted by atomic mass is 9.99. The van der Waals surface area contributed by atoms with Crippen molar-refractivity contribution in [1.82, 2.24) is 31.9 Å². The standard InChI is InChI=1S/C80H147N6O31P/c1-79(2,3)118(4,107)114-46-22-13-9-11-15-29-56(90)28-14-10-7-5-6-8-12-16-34-66(97)86-80(53-108-47-35-63(94)81-38-21-17-30-57(91)31-18-23-43-111-76-73(104)70(101)67(98)58(50-87)115-76,54-109-48-36-64(95)84-41-26-39-82-61(92)32-19-24-44-112-77-74(105)71(102)68(99)59(51-88)116-77)55-110-49-37-65(96)85-42-27-40-83-62(93)33-20-25-45-113-78-75(106)72(103)69(100)60(52-89)117-78/h58-60,67-78,87-89,98-106H,5-55H2,1-4H3,(H,81,94)(H,82,92)(H,83,93)(H,84,95)(H,85,96)(H,86,97)/t58?,59?,60?,67-,68-,69-,70+,71+,72+,73?,74?,75?,76-,77-,78-,80?,118?/m1/s1. The first-order valence-corrected chi connectivity index (χ1v) is 44.9. The number of carbonyl (C=O) groups excluding carboxylic acids is 8. The molecule has 16 atom stereocenters. The van der Waals surface area contributed by atoms with E-state index in [9.17, 15) is 104 Å². The monoisotopic (exact) mass is 1720 g/mol. The summed E-state index contributed by atoms with van der Waals surface area (Å²) < 4.78 is 69.3. The third-order valence-electron chi connectivity index (χ3n) is 20.8. The van der Waals surface area contributed by atoms with E-state index in [1.165, 1.54) is 0 Å². The first-order chi connectivity index (χ1) is 56.4. The van der Waals surface area contributed by atoms with E-state index < -0.39 is 125 Å². The highest BCUT2D eigenvalue weighted by atomic mass is 31.2. The zero-order chi connectivity index (χ0) is 87.2. The number of nitrogens with one attached hydrogen (secondary N) is 6. The minimum Gasteiger partial charge on any atom is -0.394 e. The Bertz CT molecular complexity index is 2600. The number of ketones is 2. The number of aliphatic hydroxyl groups excluding tert-OH is 12. The molecule has 37 nitrogen and oxygen atoms in total. The van der Waals surface area contributed by atoms with E-state index in [1.54, 1.807) is 6.66 Å². The normalized spacial score (nSPS) is 24.5. The van der Waals surface area contributed by atoms with Crippen molar-refractivity contribution in [2.75, 3.05) is 125 Å². The van der Waals surface area contributed by atoms with Gasteiger partial charge in [0.1, 0.15) is 90.4 Å². The number of hydrogen-bond donors (Lipinski definition) is 18. The predicted octanol–water partition coefficient (Wildman–Crippen LogP) is 0.656. The van der Waals surface area contributed by atoms with Gasteiger partial charge in [-0.3, -0.25) is 42.9 Å². The van der Waals surface area contributed by atoms with Crippen molar-refractivity contribution in [3.8, 4) is 0 Å². The molecule has 0 spiro atoms. The van der Waals surface area contributed by atoms with Gasteiger partial charge in [0.25, 0.3) is 0 Å². The average molecular weight is 1720 g/mol. The van der Waals surface area contributed by atoms with Crippen LogP contribution in [0.25, 0.3) is 0 Å². The fourth-order valence-electron chi connectivity index (χ4n) is 12.8. The number of ether oxygens (including phenoxy) is 9. The molecule has 38 heteroatoms. The van der Waals surface area contributed by atoms with Crippen molar-refractivity contribution in [3.63, 3.8) is 0 Å². The van der Waals surface area contributed by atoms with Crippen molar-refractivity contribution < 1.29 is 151 Å². The summed E-state index contributed by atoms with van der Waals surface area (Å²) in [7, 11) is -2.67. The molecule has 0 saturated carbocycles. The van der Waals surface area contributed by atoms with Crippen LogP contribution in [-0.4, -0.2) is 336 Å². The van der Waals surface area contributed by atoms with Crippen LogP contribution in [0.2, 0.25) is 0 Å². The molecule has 0 aromatic rings. The quantitative estimate of drug-likeness (QED) is 0.0294. The topological polar surface area (TPSA) is 561 Å². The van der Waals surface area contributed by atoms with E-state index in [0.29, 0.717) is 90.1 Å². The summed E-state index contributed by atoms with van der Waals surface area (Å²) in [5.41, 5.74) is -1.40. The van der Waals surface area contributed by atoms with Crippen molar-refractivity contribution >= 4 is 54.4 Å². The molecule has 18 N–H and O–H groups in total. The second-order valence-corrected chi connectivity index (χ2v) is 35.3. The number of amides is 6. The lowest BCUT2D eigenvalue weighted by Crippen LogP contribution is -2.59. The Hall–Kier alpha value is -4.49. The summed E-state index contributed by atoms with van der Waals surface area (Å²) in [6, 6.07) is 0. The van der Waals surface area contributed by atoms with Gasteiger partial charge in [0.15, 0.2) is 18.9 Å². The van der Waals surface area contributed by atoms with Crippen LogP contribution >= 0.6 is 7.37 Å². The molecule has 0 bridgehead atoms. The molecular formula is C80H147N6O31P. The maximum atomic E-state index is 14.0. The first-order valence-electron chi connectivity index (χ1n) is 42.8. The second kappa shape index (κ2) is 62.6. The molecule has 0 aliphatic carbocycles. The first kappa shape index (κ1) is 108. The number of carbonyl (C=O) groups is 8. The van der Waals surface area contributed by atoms with Crippen LogP contribution in [0.5, 0.6) is 0 Å². The van der Waals surface area contributed by atoms with Crippen molar-refractivity contribution in [3.05, 3.63) is 0 Å². The zero-order valence-corrected chi connectivity index (χ0v) is 71.2. The van der Waals surface area contributed by atoms with Gasteiger partial charge in [-0.15, -0.1) is 0 Å². The van der Waals surface area contributed by atoms with Gasteiger partial charge in [-0.1, -0.05) is 78.6 Å². The molecule has 3 aliphatic heterocycles. The molecule has 3 aliphatic rings. The van der Waals surface area contributed by atoms with E-state index in [-0.39, 0.29) is 196 Å². The molecule has 0 aromatic carbocycles. The molecule has 3 heterocycles. The molecule has 6 amide bonds. The maximum absolute atomic E-state index is 14.0. The van der Waals surface area contributed by atoms with Crippen LogP contribution in [0, 0.1) is 0 Å². The average Bonchev–Trinajstić information content (AvgIpc) is 0.816. The van der Waals surface area contributed by atoms with E-state index in [1.807, 2.05) is 20.8 Å². The largest absolute Gasteiger partial charge is 0.394 e. The molecule has 3 fully saturated rings. The number of unbranched alkanes of at least 4 members (excludes halogenated alkanes) is 15. The van der Waals surface area contributed by atoms with Gasteiger partial charge in [-0.2, -0.15) is 0 Å². The van der Waals surface area contributed by atoms with Crippen LogP contribution in [0.3, 0.4) is 0 Å². The molecule has 118 heavy (non-hydrogen) atoms. The summed E-state index contributed by atoms with van der Waals surface area (Å²) in [5, 5.41) is 136. The van der Waals surface area contributed by atoms with E-state index in [0.717, 1.165) is 77.0 Å². The van der Waals surface area contributed by atoms with Crippen LogP contribution in [0.1, 0.15) is 233 Å². The van der Waals surface area contributed by atoms with E-state index >= 15 is 0 Å². The Morgan fingerprint density at radius 3 is 0.907 bits per heavy atom. The van der Waals surface area contributed by atoms with Gasteiger partial charge in [0, 0.05) is 129 Å². The smallest absolute Gasteiger partial charge is 0.222 e. The number of hydrogen-bond acceptors (Lipinski definition) is 31. The fourth-order valence-corrected chi connectivity index (χ4v) is 13.7. The van der Waals surface area contributed by atoms with Crippen LogP contribution < -0.4 is 31.9 Å². The molecule has 0 aromatic heterocycles. The van der Waals surface area contributed by atoms with E-state index in [4.69, 9.17) is 47.2 Å². The van der Waals surface area contributed by atoms with Crippen LogP contribution in [-0.2, 0) is 90.1 Å². The Morgan fingerprint density at radius 1 is 0.314 bits per heavy atom. The summed E-state index contributed by atoms with van der Waals surface area (Å²) in [6.07, 6.45) is -3.24. The van der Waals surface area contributed by atoms with Gasteiger partial charge in [0.2, 0.25) is 42.8 Å². The minimum atomic E-state index is -2.67. The van der Waals surface area contributed by atoms with Gasteiger partial charge < -0.3 is 140 Å². The van der Waals surface area contributed by atoms with Crippen molar-refractivity contribution in [2.45, 2.75) is 335 Å². The van der Waals surface area contributed by atoms with Crippen LogP contribution in [0.15, 0.2) is 0 Å². The number of Topliss-reactive ketones (excluding diaryl/α,β-unsaturated/α-hetero) is 2. The second-order valence-electron chi connectivity index (χ2n) is 32.0. The van der Waals surface area contributed by atoms with Crippen molar-refractivity contribution in [1.29, 1.82) is 0 Å².